The summed E-state index contributed by atoms with van der Waals surface area (Å²) in [5.74, 6) is 0.0269. The van der Waals surface area contributed by atoms with E-state index in [2.05, 4.69) is 4.98 Å². The molecule has 1 rings (SSSR count). The zero-order chi connectivity index (χ0) is 11.1. The van der Waals surface area contributed by atoms with Gasteiger partial charge in [0.05, 0.1) is 5.56 Å². The lowest BCUT2D eigenvalue weighted by atomic mass is 10.2. The Morgan fingerprint density at radius 1 is 1.60 bits per heavy atom. The molecule has 1 heterocycles. The summed E-state index contributed by atoms with van der Waals surface area (Å²) in [6, 6.07) is 3.55. The van der Waals surface area contributed by atoms with E-state index < -0.39 is 0 Å². The molecule has 0 unspecified atom stereocenters. The summed E-state index contributed by atoms with van der Waals surface area (Å²) in [5, 5.41) is 0. The van der Waals surface area contributed by atoms with Gasteiger partial charge in [0.15, 0.2) is 0 Å². The molecular formula is C11H17N3O. The number of carbonyl (C=O) groups is 1. The summed E-state index contributed by atoms with van der Waals surface area (Å²) in [6.45, 7) is 3.98. The number of amides is 1. The van der Waals surface area contributed by atoms with Gasteiger partial charge < -0.3 is 10.6 Å². The van der Waals surface area contributed by atoms with E-state index in [9.17, 15) is 4.79 Å². The molecule has 0 saturated carbocycles. The van der Waals surface area contributed by atoms with Crippen molar-refractivity contribution < 1.29 is 4.79 Å². The summed E-state index contributed by atoms with van der Waals surface area (Å²) < 4.78 is 0. The van der Waals surface area contributed by atoms with Crippen LogP contribution in [0.3, 0.4) is 0 Å². The minimum atomic E-state index is 0.0269. The first kappa shape index (κ1) is 11.7. The average Bonchev–Trinajstić information content (AvgIpc) is 2.31. The summed E-state index contributed by atoms with van der Waals surface area (Å²) in [4.78, 5) is 17.6. The lowest BCUT2D eigenvalue weighted by Gasteiger charge is -2.20. The van der Waals surface area contributed by atoms with E-state index in [-0.39, 0.29) is 5.91 Å². The Balaban J connectivity index is 2.65. The quantitative estimate of drug-likeness (QED) is 0.780. The van der Waals surface area contributed by atoms with E-state index in [0.717, 1.165) is 6.42 Å². The molecule has 0 spiro atoms. The van der Waals surface area contributed by atoms with E-state index >= 15 is 0 Å². The van der Waals surface area contributed by atoms with Gasteiger partial charge in [0, 0.05) is 25.5 Å². The molecule has 0 bridgehead atoms. The number of rotatable bonds is 5. The SMILES string of the molecule is CCN(CCCN)C(=O)c1cccnc1. The molecule has 0 atom stereocenters. The van der Waals surface area contributed by atoms with Crippen LogP contribution in [0.5, 0.6) is 0 Å². The molecule has 0 aromatic carbocycles. The van der Waals surface area contributed by atoms with Gasteiger partial charge in [-0.25, -0.2) is 0 Å². The highest BCUT2D eigenvalue weighted by molar-refractivity contribution is 5.93. The Bertz CT molecular complexity index is 300. The third-order valence-electron chi connectivity index (χ3n) is 2.21. The van der Waals surface area contributed by atoms with Crippen LogP contribution in [0.15, 0.2) is 24.5 Å². The van der Waals surface area contributed by atoms with Crippen LogP contribution in [-0.4, -0.2) is 35.4 Å². The first-order valence-electron chi connectivity index (χ1n) is 5.19. The number of hydrogen-bond acceptors (Lipinski definition) is 3. The van der Waals surface area contributed by atoms with Crippen molar-refractivity contribution in [1.29, 1.82) is 0 Å². The molecule has 0 aliphatic heterocycles. The highest BCUT2D eigenvalue weighted by Gasteiger charge is 2.12. The van der Waals surface area contributed by atoms with E-state index in [1.807, 2.05) is 6.92 Å². The van der Waals surface area contributed by atoms with Crippen molar-refractivity contribution in [3.05, 3.63) is 30.1 Å². The third kappa shape index (κ3) is 3.32. The maximum Gasteiger partial charge on any atom is 0.255 e. The van der Waals surface area contributed by atoms with E-state index in [4.69, 9.17) is 5.73 Å². The average molecular weight is 207 g/mol. The van der Waals surface area contributed by atoms with Gasteiger partial charge >= 0.3 is 0 Å². The van der Waals surface area contributed by atoms with Crippen LogP contribution in [-0.2, 0) is 0 Å². The topological polar surface area (TPSA) is 59.2 Å². The standard InChI is InChI=1S/C11H17N3O/c1-2-14(8-4-6-12)11(15)10-5-3-7-13-9-10/h3,5,7,9H,2,4,6,8,12H2,1H3. The summed E-state index contributed by atoms with van der Waals surface area (Å²) in [7, 11) is 0. The number of carbonyl (C=O) groups excluding carboxylic acids is 1. The molecule has 82 valence electrons. The molecule has 15 heavy (non-hydrogen) atoms. The molecule has 1 aromatic heterocycles. The lowest BCUT2D eigenvalue weighted by molar-refractivity contribution is 0.0763. The highest BCUT2D eigenvalue weighted by atomic mass is 16.2. The van der Waals surface area contributed by atoms with Crippen molar-refractivity contribution in [2.24, 2.45) is 5.73 Å². The van der Waals surface area contributed by atoms with Gasteiger partial charge in [0.2, 0.25) is 0 Å². The molecule has 0 radical (unpaired) electrons. The minimum Gasteiger partial charge on any atom is -0.339 e. The van der Waals surface area contributed by atoms with Crippen LogP contribution in [0.4, 0.5) is 0 Å². The van der Waals surface area contributed by atoms with Crippen LogP contribution in [0.25, 0.3) is 0 Å². The number of aromatic nitrogens is 1. The summed E-state index contributed by atoms with van der Waals surface area (Å²) in [6.07, 6.45) is 4.08. The van der Waals surface area contributed by atoms with Gasteiger partial charge in [-0.1, -0.05) is 0 Å². The van der Waals surface area contributed by atoms with Crippen molar-refractivity contribution in [2.45, 2.75) is 13.3 Å². The van der Waals surface area contributed by atoms with Crippen molar-refractivity contribution in [3.63, 3.8) is 0 Å². The maximum absolute atomic E-state index is 11.9. The second-order valence-electron chi connectivity index (χ2n) is 3.27. The fraction of sp³-hybridized carbons (Fsp3) is 0.455. The Morgan fingerprint density at radius 2 is 2.40 bits per heavy atom. The predicted molar refractivity (Wildman–Crippen MR) is 59.5 cm³/mol. The molecular weight excluding hydrogens is 190 g/mol. The number of nitrogens with zero attached hydrogens (tertiary/aromatic N) is 2. The molecule has 0 aliphatic rings. The van der Waals surface area contributed by atoms with Crippen molar-refractivity contribution >= 4 is 5.91 Å². The van der Waals surface area contributed by atoms with Crippen molar-refractivity contribution in [1.82, 2.24) is 9.88 Å². The van der Waals surface area contributed by atoms with E-state index in [0.29, 0.717) is 25.2 Å². The van der Waals surface area contributed by atoms with Crippen molar-refractivity contribution in [3.8, 4) is 0 Å². The van der Waals surface area contributed by atoms with Gasteiger partial charge in [-0.05, 0) is 32.0 Å². The minimum absolute atomic E-state index is 0.0269. The Morgan fingerprint density at radius 3 is 2.93 bits per heavy atom. The summed E-state index contributed by atoms with van der Waals surface area (Å²) in [5.41, 5.74) is 6.06. The first-order chi connectivity index (χ1) is 7.29. The molecule has 2 N–H and O–H groups in total. The third-order valence-corrected chi connectivity index (χ3v) is 2.21. The largest absolute Gasteiger partial charge is 0.339 e. The van der Waals surface area contributed by atoms with Crippen molar-refractivity contribution in [2.75, 3.05) is 19.6 Å². The van der Waals surface area contributed by atoms with Gasteiger partial charge in [-0.2, -0.15) is 0 Å². The predicted octanol–water partition coefficient (Wildman–Crippen LogP) is 0.892. The second-order valence-corrected chi connectivity index (χ2v) is 3.27. The smallest absolute Gasteiger partial charge is 0.255 e. The molecule has 4 nitrogen and oxygen atoms in total. The van der Waals surface area contributed by atoms with Gasteiger partial charge in [-0.3, -0.25) is 9.78 Å². The Labute approximate surface area is 90.1 Å². The molecule has 1 aromatic rings. The molecule has 4 heteroatoms. The maximum atomic E-state index is 11.9. The number of nitrogens with two attached hydrogens (primary N) is 1. The number of hydrogen-bond donors (Lipinski definition) is 1. The summed E-state index contributed by atoms with van der Waals surface area (Å²) >= 11 is 0. The zero-order valence-electron chi connectivity index (χ0n) is 9.02. The van der Waals surface area contributed by atoms with Crippen LogP contribution >= 0.6 is 0 Å². The Hall–Kier alpha value is -1.42. The fourth-order valence-corrected chi connectivity index (χ4v) is 1.36. The monoisotopic (exact) mass is 207 g/mol. The molecule has 1 amide bonds. The normalized spacial score (nSPS) is 10.0. The Kier molecular flexibility index (Phi) is 4.77. The van der Waals surface area contributed by atoms with E-state index in [1.165, 1.54) is 0 Å². The lowest BCUT2D eigenvalue weighted by Crippen LogP contribution is -2.32. The van der Waals surface area contributed by atoms with Gasteiger partial charge in [0.1, 0.15) is 0 Å². The van der Waals surface area contributed by atoms with Gasteiger partial charge in [0.25, 0.3) is 5.91 Å². The van der Waals surface area contributed by atoms with Crippen LogP contribution in [0, 0.1) is 0 Å². The van der Waals surface area contributed by atoms with Gasteiger partial charge in [-0.15, -0.1) is 0 Å². The molecule has 0 aliphatic carbocycles. The number of pyridine rings is 1. The van der Waals surface area contributed by atoms with Crippen LogP contribution in [0.2, 0.25) is 0 Å². The zero-order valence-corrected chi connectivity index (χ0v) is 9.02. The van der Waals surface area contributed by atoms with Crippen LogP contribution in [0.1, 0.15) is 23.7 Å². The fourth-order valence-electron chi connectivity index (χ4n) is 1.36. The highest BCUT2D eigenvalue weighted by Crippen LogP contribution is 2.03. The molecule has 0 fully saturated rings. The molecule has 0 saturated heterocycles. The van der Waals surface area contributed by atoms with E-state index in [1.54, 1.807) is 29.4 Å². The second kappa shape index (κ2) is 6.14. The first-order valence-corrected chi connectivity index (χ1v) is 5.19. The van der Waals surface area contributed by atoms with Crippen LogP contribution < -0.4 is 5.73 Å².